The van der Waals surface area contributed by atoms with E-state index in [1.807, 2.05) is 25.3 Å². The third kappa shape index (κ3) is 3.31. The molecular formula is C20H22FN5. The summed E-state index contributed by atoms with van der Waals surface area (Å²) in [5.41, 5.74) is 3.32. The van der Waals surface area contributed by atoms with Crippen LogP contribution in [0.4, 0.5) is 10.3 Å². The third-order valence-electron chi connectivity index (χ3n) is 4.83. The number of piperidine rings is 1. The third-order valence-corrected chi connectivity index (χ3v) is 4.83. The van der Waals surface area contributed by atoms with Gasteiger partial charge in [-0.25, -0.2) is 19.0 Å². The van der Waals surface area contributed by atoms with Crippen LogP contribution in [0.25, 0.3) is 16.9 Å². The maximum atomic E-state index is 13.5. The molecule has 5 nitrogen and oxygen atoms in total. The summed E-state index contributed by atoms with van der Waals surface area (Å²) in [6, 6.07) is 8.31. The van der Waals surface area contributed by atoms with Crippen LogP contribution >= 0.6 is 0 Å². The van der Waals surface area contributed by atoms with Crippen LogP contribution in [-0.2, 0) is 0 Å². The lowest BCUT2D eigenvalue weighted by Gasteiger charge is -2.30. The molecule has 2 aromatic heterocycles. The van der Waals surface area contributed by atoms with Crippen LogP contribution in [0.2, 0.25) is 0 Å². The minimum atomic E-state index is -0.277. The Morgan fingerprint density at radius 2 is 2.12 bits per heavy atom. The molecule has 1 aliphatic heterocycles. The van der Waals surface area contributed by atoms with Gasteiger partial charge in [-0.1, -0.05) is 13.0 Å². The molecular weight excluding hydrogens is 329 g/mol. The average molecular weight is 351 g/mol. The summed E-state index contributed by atoms with van der Waals surface area (Å²) in [7, 11) is 0. The summed E-state index contributed by atoms with van der Waals surface area (Å²) in [5.74, 6) is 1.15. The van der Waals surface area contributed by atoms with Gasteiger partial charge >= 0.3 is 0 Å². The highest BCUT2D eigenvalue weighted by atomic mass is 19.1. The van der Waals surface area contributed by atoms with Crippen molar-refractivity contribution in [3.63, 3.8) is 0 Å². The first-order valence-corrected chi connectivity index (χ1v) is 9.01. The second-order valence-electron chi connectivity index (χ2n) is 6.99. The van der Waals surface area contributed by atoms with Crippen LogP contribution in [-0.4, -0.2) is 32.8 Å². The molecule has 26 heavy (non-hydrogen) atoms. The van der Waals surface area contributed by atoms with Gasteiger partial charge in [0.05, 0.1) is 17.1 Å². The van der Waals surface area contributed by atoms with Crippen molar-refractivity contribution in [1.29, 1.82) is 0 Å². The molecule has 0 saturated carbocycles. The van der Waals surface area contributed by atoms with Gasteiger partial charge in [0, 0.05) is 31.0 Å². The van der Waals surface area contributed by atoms with Crippen molar-refractivity contribution in [3.05, 3.63) is 54.2 Å². The van der Waals surface area contributed by atoms with Crippen molar-refractivity contribution in [2.24, 2.45) is 5.92 Å². The van der Waals surface area contributed by atoms with E-state index in [0.717, 1.165) is 36.0 Å². The van der Waals surface area contributed by atoms with Crippen LogP contribution in [0.1, 0.15) is 25.5 Å². The average Bonchev–Trinajstić information content (AvgIpc) is 3.04. The van der Waals surface area contributed by atoms with Crippen molar-refractivity contribution in [2.45, 2.75) is 26.7 Å². The van der Waals surface area contributed by atoms with Crippen molar-refractivity contribution >= 4 is 5.95 Å². The van der Waals surface area contributed by atoms with Gasteiger partial charge < -0.3 is 4.90 Å². The summed E-state index contributed by atoms with van der Waals surface area (Å²) >= 11 is 0. The largest absolute Gasteiger partial charge is 0.341 e. The van der Waals surface area contributed by atoms with Crippen LogP contribution in [0, 0.1) is 18.7 Å². The van der Waals surface area contributed by atoms with Gasteiger partial charge in [-0.05, 0) is 49.9 Å². The Bertz CT molecular complexity index is 920. The number of benzene rings is 1. The molecule has 0 amide bonds. The molecule has 1 atom stereocenters. The van der Waals surface area contributed by atoms with Gasteiger partial charge in [0.25, 0.3) is 0 Å². The number of anilines is 1. The first-order valence-electron chi connectivity index (χ1n) is 9.01. The number of hydrogen-bond acceptors (Lipinski definition) is 4. The lowest BCUT2D eigenvalue weighted by atomic mass is 10.0. The fraction of sp³-hybridized carbons (Fsp3) is 0.350. The molecule has 0 bridgehead atoms. The van der Waals surface area contributed by atoms with Crippen molar-refractivity contribution in [3.8, 4) is 16.9 Å². The van der Waals surface area contributed by atoms with Gasteiger partial charge in [0.2, 0.25) is 5.95 Å². The SMILES string of the molecule is Cc1nn(-c2cccc(F)c2)cc1-c1ccnc(N2CCCC(C)C2)n1. The van der Waals surface area contributed by atoms with E-state index in [9.17, 15) is 4.39 Å². The fourth-order valence-corrected chi connectivity index (χ4v) is 3.48. The summed E-state index contributed by atoms with van der Waals surface area (Å²) in [4.78, 5) is 11.5. The van der Waals surface area contributed by atoms with Crippen LogP contribution < -0.4 is 4.90 Å². The molecule has 0 radical (unpaired) electrons. The molecule has 0 aliphatic carbocycles. The normalized spacial score (nSPS) is 17.5. The Kier molecular flexibility index (Phi) is 4.41. The monoisotopic (exact) mass is 351 g/mol. The highest BCUT2D eigenvalue weighted by Gasteiger charge is 2.19. The Morgan fingerprint density at radius 1 is 1.23 bits per heavy atom. The van der Waals surface area contributed by atoms with E-state index in [0.29, 0.717) is 11.6 Å². The minimum Gasteiger partial charge on any atom is -0.341 e. The Labute approximate surface area is 152 Å². The summed E-state index contributed by atoms with van der Waals surface area (Å²) in [6.45, 7) is 6.19. The zero-order chi connectivity index (χ0) is 18.1. The predicted octanol–water partition coefficient (Wildman–Crippen LogP) is 4.01. The molecule has 0 spiro atoms. The lowest BCUT2D eigenvalue weighted by Crippen LogP contribution is -2.35. The van der Waals surface area contributed by atoms with Crippen LogP contribution in [0.5, 0.6) is 0 Å². The number of nitrogens with zero attached hydrogens (tertiary/aromatic N) is 5. The van der Waals surface area contributed by atoms with Gasteiger partial charge in [-0.2, -0.15) is 5.10 Å². The number of rotatable bonds is 3. The molecule has 1 aliphatic rings. The van der Waals surface area contributed by atoms with Gasteiger partial charge in [-0.3, -0.25) is 0 Å². The Balaban J connectivity index is 1.67. The molecule has 3 heterocycles. The van der Waals surface area contributed by atoms with E-state index in [4.69, 9.17) is 4.98 Å². The van der Waals surface area contributed by atoms with E-state index in [1.54, 1.807) is 16.9 Å². The van der Waals surface area contributed by atoms with Crippen LogP contribution in [0.3, 0.4) is 0 Å². The van der Waals surface area contributed by atoms with Gasteiger partial charge in [0.1, 0.15) is 5.82 Å². The number of aromatic nitrogens is 4. The zero-order valence-electron chi connectivity index (χ0n) is 15.1. The fourth-order valence-electron chi connectivity index (χ4n) is 3.48. The first kappa shape index (κ1) is 16.7. The van der Waals surface area contributed by atoms with Crippen molar-refractivity contribution in [2.75, 3.05) is 18.0 Å². The second-order valence-corrected chi connectivity index (χ2v) is 6.99. The smallest absolute Gasteiger partial charge is 0.225 e. The topological polar surface area (TPSA) is 46.8 Å². The number of halogens is 1. The molecule has 6 heteroatoms. The maximum absolute atomic E-state index is 13.5. The number of hydrogen-bond donors (Lipinski definition) is 0. The van der Waals surface area contributed by atoms with Crippen molar-refractivity contribution < 1.29 is 4.39 Å². The van der Waals surface area contributed by atoms with E-state index < -0.39 is 0 Å². The Hall–Kier alpha value is -2.76. The molecule has 1 saturated heterocycles. The first-order chi connectivity index (χ1) is 12.6. The van der Waals surface area contributed by atoms with E-state index in [1.165, 1.54) is 25.0 Å². The molecule has 1 unspecified atom stereocenters. The van der Waals surface area contributed by atoms with E-state index in [2.05, 4.69) is 21.9 Å². The molecule has 1 fully saturated rings. The molecule has 1 aromatic carbocycles. The zero-order valence-corrected chi connectivity index (χ0v) is 15.1. The van der Waals surface area contributed by atoms with Crippen molar-refractivity contribution in [1.82, 2.24) is 19.7 Å². The van der Waals surface area contributed by atoms with Gasteiger partial charge in [0.15, 0.2) is 0 Å². The molecule has 4 rings (SSSR count). The maximum Gasteiger partial charge on any atom is 0.225 e. The summed E-state index contributed by atoms with van der Waals surface area (Å²) in [6.07, 6.45) is 6.13. The molecule has 3 aromatic rings. The van der Waals surface area contributed by atoms with E-state index in [-0.39, 0.29) is 5.82 Å². The highest BCUT2D eigenvalue weighted by Crippen LogP contribution is 2.25. The van der Waals surface area contributed by atoms with Crippen LogP contribution in [0.15, 0.2) is 42.7 Å². The lowest BCUT2D eigenvalue weighted by molar-refractivity contribution is 0.442. The quantitative estimate of drug-likeness (QED) is 0.715. The van der Waals surface area contributed by atoms with E-state index >= 15 is 0 Å². The minimum absolute atomic E-state index is 0.277. The standard InChI is InChI=1S/C20H22FN5/c1-14-5-4-10-25(12-14)20-22-9-8-19(23-20)18-13-26(24-15(18)2)17-7-3-6-16(21)11-17/h3,6-9,11,13-14H,4-5,10,12H2,1-2H3. The highest BCUT2D eigenvalue weighted by molar-refractivity contribution is 5.62. The molecule has 134 valence electrons. The summed E-state index contributed by atoms with van der Waals surface area (Å²) in [5, 5.41) is 4.53. The van der Waals surface area contributed by atoms with Gasteiger partial charge in [-0.15, -0.1) is 0 Å². The Morgan fingerprint density at radius 3 is 2.92 bits per heavy atom. The molecule has 0 N–H and O–H groups in total. The second kappa shape index (κ2) is 6.86. The summed E-state index contributed by atoms with van der Waals surface area (Å²) < 4.78 is 15.2. The predicted molar refractivity (Wildman–Crippen MR) is 99.9 cm³/mol. The number of aryl methyl sites for hydroxylation is 1.